The number of hydrogen-bond acceptors (Lipinski definition) is 7. The van der Waals surface area contributed by atoms with Gasteiger partial charge in [-0.05, 0) is 58.9 Å². The molecule has 8 heteroatoms. The molecule has 1 aliphatic heterocycles. The molecule has 1 N–H and O–H groups in total. The van der Waals surface area contributed by atoms with Crippen LogP contribution in [-0.4, -0.2) is 42.2 Å². The van der Waals surface area contributed by atoms with E-state index in [1.807, 2.05) is 56.6 Å². The Bertz CT molecular complexity index is 1930. The first kappa shape index (κ1) is 31.7. The molecule has 48 heavy (non-hydrogen) atoms. The third kappa shape index (κ3) is 5.37. The van der Waals surface area contributed by atoms with E-state index < -0.39 is 10.8 Å². The van der Waals surface area contributed by atoms with Crippen LogP contribution >= 0.6 is 11.3 Å². The van der Waals surface area contributed by atoms with Crippen molar-refractivity contribution < 1.29 is 9.53 Å². The minimum atomic E-state index is -0.866. The van der Waals surface area contributed by atoms with Gasteiger partial charge < -0.3 is 15.0 Å². The first-order valence-corrected chi connectivity index (χ1v) is 17.6. The van der Waals surface area contributed by atoms with E-state index >= 15 is 0 Å². The highest BCUT2D eigenvalue weighted by atomic mass is 32.1. The predicted octanol–water partition coefficient (Wildman–Crippen LogP) is 7.96. The number of nitriles is 1. The number of aromatic nitrogens is 2. The number of nitrogens with one attached hydrogen (secondary N) is 1. The van der Waals surface area contributed by atoms with E-state index in [2.05, 4.69) is 81.9 Å². The molecule has 1 amide bonds. The lowest BCUT2D eigenvalue weighted by Crippen LogP contribution is -2.53. The Kier molecular flexibility index (Phi) is 8.59. The molecule has 7 nitrogen and oxygen atoms in total. The van der Waals surface area contributed by atoms with E-state index in [0.29, 0.717) is 18.0 Å². The van der Waals surface area contributed by atoms with Crippen molar-refractivity contribution in [3.63, 3.8) is 0 Å². The summed E-state index contributed by atoms with van der Waals surface area (Å²) in [4.78, 5) is 25.9. The van der Waals surface area contributed by atoms with E-state index in [4.69, 9.17) is 9.72 Å². The number of anilines is 2. The van der Waals surface area contributed by atoms with Gasteiger partial charge in [0.1, 0.15) is 11.2 Å². The molecule has 1 fully saturated rings. The van der Waals surface area contributed by atoms with Gasteiger partial charge in [0.2, 0.25) is 5.91 Å². The monoisotopic (exact) mass is 653 g/mol. The standard InChI is InChI=1S/C38H33N5O2S.C2H6/c1-37(23-38(24-39)31-8-4-2-6-29(31)34(37)30-7-3-5-9-32(30)38)35(44)42-36-41-28(22-46-36)20-25-10-12-26(13-11-25)27-14-15-33(40-21-27)43-16-18-45-19-17-43;1-2/h2-15,21-22,34H,16-20,23H2,1H3,(H,41,42,44);1-2H3. The van der Waals surface area contributed by atoms with Crippen LogP contribution in [0.4, 0.5) is 10.9 Å². The van der Waals surface area contributed by atoms with Gasteiger partial charge in [-0.25, -0.2) is 9.97 Å². The van der Waals surface area contributed by atoms with Crippen molar-refractivity contribution in [2.24, 2.45) is 5.41 Å². The van der Waals surface area contributed by atoms with E-state index in [-0.39, 0.29) is 11.8 Å². The van der Waals surface area contributed by atoms with Crippen LogP contribution in [0.25, 0.3) is 11.1 Å². The summed E-state index contributed by atoms with van der Waals surface area (Å²) in [6, 6.07) is 31.6. The molecule has 3 heterocycles. The normalized spacial score (nSPS) is 22.0. The molecule has 242 valence electrons. The number of benzene rings is 3. The summed E-state index contributed by atoms with van der Waals surface area (Å²) >= 11 is 1.44. The topological polar surface area (TPSA) is 91.1 Å². The van der Waals surface area contributed by atoms with Crippen LogP contribution in [0, 0.1) is 16.7 Å². The molecular weight excluding hydrogens is 615 g/mol. The lowest BCUT2D eigenvalue weighted by molar-refractivity contribution is -0.127. The van der Waals surface area contributed by atoms with Gasteiger partial charge in [-0.3, -0.25) is 4.79 Å². The van der Waals surface area contributed by atoms with Gasteiger partial charge in [-0.15, -0.1) is 11.3 Å². The molecule has 3 aliphatic carbocycles. The summed E-state index contributed by atoms with van der Waals surface area (Å²) in [6.07, 6.45) is 3.03. The molecule has 1 saturated heterocycles. The highest BCUT2D eigenvalue weighted by molar-refractivity contribution is 7.13. The number of morpholine rings is 1. The van der Waals surface area contributed by atoms with Crippen LogP contribution in [0.2, 0.25) is 0 Å². The zero-order chi connectivity index (χ0) is 33.3. The number of carbonyl (C=O) groups excluding carboxylic acids is 1. The smallest absolute Gasteiger partial charge is 0.233 e. The van der Waals surface area contributed by atoms with Crippen LogP contribution in [-0.2, 0) is 21.4 Å². The van der Waals surface area contributed by atoms with E-state index in [9.17, 15) is 10.1 Å². The van der Waals surface area contributed by atoms with Crippen molar-refractivity contribution in [1.82, 2.24) is 9.97 Å². The quantitative estimate of drug-likeness (QED) is 0.200. The van der Waals surface area contributed by atoms with Crippen LogP contribution in [0.1, 0.15) is 66.6 Å². The Morgan fingerprint density at radius 2 is 1.60 bits per heavy atom. The maximum Gasteiger partial charge on any atom is 0.233 e. The van der Waals surface area contributed by atoms with Crippen molar-refractivity contribution in [2.45, 2.75) is 44.9 Å². The van der Waals surface area contributed by atoms with Gasteiger partial charge in [0.25, 0.3) is 0 Å². The predicted molar refractivity (Wildman–Crippen MR) is 191 cm³/mol. The van der Waals surface area contributed by atoms with Crippen LogP contribution in [0.5, 0.6) is 0 Å². The first-order valence-electron chi connectivity index (χ1n) is 16.7. The van der Waals surface area contributed by atoms with E-state index in [0.717, 1.165) is 76.8 Å². The lowest BCUT2D eigenvalue weighted by atomic mass is 9.47. The number of carbonyl (C=O) groups is 1. The zero-order valence-electron chi connectivity index (χ0n) is 27.6. The van der Waals surface area contributed by atoms with Crippen molar-refractivity contribution in [1.29, 1.82) is 5.26 Å². The Morgan fingerprint density at radius 1 is 0.958 bits per heavy atom. The number of hydrogen-bond donors (Lipinski definition) is 1. The SMILES string of the molecule is CC.CC1(C(=O)Nc2nc(Cc3ccc(-c4ccc(N5CCOCC5)nc4)cc3)cs2)CC2(C#N)c3ccccc3C1c1ccccc12. The van der Waals surface area contributed by atoms with Gasteiger partial charge in [-0.2, -0.15) is 5.26 Å². The molecule has 0 saturated carbocycles. The second-order valence-corrected chi connectivity index (χ2v) is 13.6. The summed E-state index contributed by atoms with van der Waals surface area (Å²) in [7, 11) is 0. The highest BCUT2D eigenvalue weighted by Gasteiger charge is 2.61. The Hall–Kier alpha value is -4.84. The number of ether oxygens (including phenoxy) is 1. The number of nitrogens with zero attached hydrogens (tertiary/aromatic N) is 4. The zero-order valence-corrected chi connectivity index (χ0v) is 28.4. The summed E-state index contributed by atoms with van der Waals surface area (Å²) in [6.45, 7) is 9.23. The summed E-state index contributed by atoms with van der Waals surface area (Å²) in [5.74, 6) is 0.748. The minimum Gasteiger partial charge on any atom is -0.378 e. The van der Waals surface area contributed by atoms with Gasteiger partial charge in [0.15, 0.2) is 5.13 Å². The number of amides is 1. The number of pyridine rings is 1. The van der Waals surface area contributed by atoms with Crippen LogP contribution in [0.15, 0.2) is 96.5 Å². The molecule has 0 spiro atoms. The maximum atomic E-state index is 14.1. The molecular formula is C40H39N5O2S. The molecule has 2 bridgehead atoms. The molecule has 1 unspecified atom stereocenters. The summed E-state index contributed by atoms with van der Waals surface area (Å²) < 4.78 is 5.45. The largest absolute Gasteiger partial charge is 0.378 e. The Balaban J connectivity index is 0.00000179. The third-order valence-corrected chi connectivity index (χ3v) is 10.8. The minimum absolute atomic E-state index is 0.0976. The van der Waals surface area contributed by atoms with Gasteiger partial charge in [0.05, 0.1) is 30.4 Å². The molecule has 1 atom stereocenters. The number of rotatable bonds is 6. The van der Waals surface area contributed by atoms with E-state index in [1.54, 1.807) is 0 Å². The Morgan fingerprint density at radius 3 is 2.23 bits per heavy atom. The fraction of sp³-hybridized carbons (Fsp3) is 0.300. The Labute approximate surface area is 286 Å². The fourth-order valence-electron chi connectivity index (χ4n) is 7.73. The van der Waals surface area contributed by atoms with Crippen LogP contribution in [0.3, 0.4) is 0 Å². The van der Waals surface area contributed by atoms with Crippen molar-refractivity contribution in [3.05, 3.63) is 130 Å². The van der Waals surface area contributed by atoms with Crippen molar-refractivity contribution in [3.8, 4) is 17.2 Å². The maximum absolute atomic E-state index is 14.1. The second kappa shape index (κ2) is 13.0. The van der Waals surface area contributed by atoms with Gasteiger partial charge >= 0.3 is 0 Å². The molecule has 9 rings (SSSR count). The molecule has 3 aromatic carbocycles. The average molecular weight is 654 g/mol. The lowest BCUT2D eigenvalue weighted by Gasteiger charge is -2.54. The highest BCUT2D eigenvalue weighted by Crippen LogP contribution is 2.63. The van der Waals surface area contributed by atoms with Gasteiger partial charge in [-0.1, -0.05) is 86.6 Å². The summed E-state index contributed by atoms with van der Waals surface area (Å²) in [5, 5.41) is 16.4. The summed E-state index contributed by atoms with van der Waals surface area (Å²) in [5.41, 5.74) is 6.75. The van der Waals surface area contributed by atoms with Crippen LogP contribution < -0.4 is 10.2 Å². The molecule has 2 aromatic heterocycles. The van der Waals surface area contributed by atoms with Crippen molar-refractivity contribution >= 4 is 28.2 Å². The third-order valence-electron chi connectivity index (χ3n) is 9.97. The fourth-order valence-corrected chi connectivity index (χ4v) is 8.44. The van der Waals surface area contributed by atoms with E-state index in [1.165, 1.54) is 11.3 Å². The average Bonchev–Trinajstić information content (AvgIpc) is 3.59. The molecule has 4 aliphatic rings. The molecule has 0 radical (unpaired) electrons. The second-order valence-electron chi connectivity index (χ2n) is 12.7. The van der Waals surface area contributed by atoms with Gasteiger partial charge in [0, 0.05) is 42.6 Å². The van der Waals surface area contributed by atoms with Crippen molar-refractivity contribution in [2.75, 3.05) is 36.5 Å². The first-order chi connectivity index (χ1) is 23.5. The number of fused-ring (bicyclic) bond motifs is 1. The molecule has 5 aromatic rings. The number of thiazole rings is 1.